The zero-order valence-electron chi connectivity index (χ0n) is 10.1. The predicted octanol–water partition coefficient (Wildman–Crippen LogP) is 4.36. The molecule has 19 heavy (non-hydrogen) atoms. The monoisotopic (exact) mass is 344 g/mol. The van der Waals surface area contributed by atoms with Gasteiger partial charge in [0.15, 0.2) is 17.4 Å². The van der Waals surface area contributed by atoms with Gasteiger partial charge >= 0.3 is 0 Å². The minimum Gasteiger partial charge on any atom is -0.505 e. The quantitative estimate of drug-likeness (QED) is 0.841. The average Bonchev–Trinajstić information content (AvgIpc) is 2.38. The second-order valence-electron chi connectivity index (χ2n) is 4.01. The predicted molar refractivity (Wildman–Crippen MR) is 75.8 cm³/mol. The van der Waals surface area contributed by atoms with Gasteiger partial charge in [-0.2, -0.15) is 0 Å². The number of phenolic OH excluding ortho intramolecular Hbond substituents is 1. The molecule has 1 aromatic carbocycles. The first-order valence-electron chi connectivity index (χ1n) is 5.73. The maximum Gasteiger partial charge on any atom is 0.165 e. The van der Waals surface area contributed by atoms with Crippen LogP contribution in [-0.4, -0.2) is 15.1 Å². The molecule has 2 rings (SSSR count). The van der Waals surface area contributed by atoms with E-state index in [1.807, 2.05) is 6.92 Å². The Hall–Kier alpha value is -1.20. The fraction of sp³-hybridized carbons (Fsp3) is 0.231. The van der Waals surface area contributed by atoms with Crippen molar-refractivity contribution < 1.29 is 9.50 Å². The summed E-state index contributed by atoms with van der Waals surface area (Å²) in [5, 5.41) is 9.47. The lowest BCUT2D eigenvalue weighted by molar-refractivity contribution is 0.432. The third kappa shape index (κ3) is 3.04. The van der Waals surface area contributed by atoms with Crippen LogP contribution < -0.4 is 0 Å². The van der Waals surface area contributed by atoms with Gasteiger partial charge in [0.25, 0.3) is 0 Å². The van der Waals surface area contributed by atoms with E-state index in [-0.39, 0.29) is 0 Å². The number of hydrogen-bond acceptors (Lipinski definition) is 3. The molecule has 0 saturated carbocycles. The molecule has 1 aromatic heterocycles. The van der Waals surface area contributed by atoms with Crippen molar-refractivity contribution in [2.24, 2.45) is 0 Å². The highest BCUT2D eigenvalue weighted by atomic mass is 79.9. The van der Waals surface area contributed by atoms with Gasteiger partial charge in [-0.05, 0) is 40.5 Å². The number of halogens is 3. The van der Waals surface area contributed by atoms with Gasteiger partial charge in [-0.25, -0.2) is 14.4 Å². The first-order chi connectivity index (χ1) is 9.02. The van der Waals surface area contributed by atoms with Gasteiger partial charge in [0.2, 0.25) is 0 Å². The van der Waals surface area contributed by atoms with E-state index in [0.29, 0.717) is 21.0 Å². The van der Waals surface area contributed by atoms with Crippen LogP contribution in [0.2, 0.25) is 5.15 Å². The van der Waals surface area contributed by atoms with Gasteiger partial charge in [0.1, 0.15) is 5.15 Å². The topological polar surface area (TPSA) is 46.0 Å². The Morgan fingerprint density at radius 3 is 2.74 bits per heavy atom. The van der Waals surface area contributed by atoms with Crippen LogP contribution in [0.1, 0.15) is 19.0 Å². The number of phenols is 1. The molecule has 6 heteroatoms. The molecule has 0 aliphatic rings. The number of aromatic nitrogens is 2. The van der Waals surface area contributed by atoms with Crippen LogP contribution in [0, 0.1) is 5.82 Å². The summed E-state index contributed by atoms with van der Waals surface area (Å²) in [6.07, 6.45) is 1.66. The summed E-state index contributed by atoms with van der Waals surface area (Å²) in [6.45, 7) is 2.03. The smallest absolute Gasteiger partial charge is 0.165 e. The molecule has 0 atom stereocenters. The zero-order chi connectivity index (χ0) is 14.0. The number of aryl methyl sites for hydroxylation is 1. The standard InChI is InChI=1S/C13H11BrClFN2O/c1-2-3-9-11(14)12(15)18-13(17-9)7-4-5-10(19)8(16)6-7/h4-6,19H,2-3H2,1H3. The molecule has 0 fully saturated rings. The van der Waals surface area contributed by atoms with E-state index in [9.17, 15) is 9.50 Å². The first kappa shape index (κ1) is 14.2. The first-order valence-corrected chi connectivity index (χ1v) is 6.90. The number of aromatic hydroxyl groups is 1. The molecule has 0 aliphatic heterocycles. The lowest BCUT2D eigenvalue weighted by Crippen LogP contribution is -1.98. The van der Waals surface area contributed by atoms with E-state index >= 15 is 0 Å². The largest absolute Gasteiger partial charge is 0.505 e. The average molecular weight is 346 g/mol. The van der Waals surface area contributed by atoms with Crippen molar-refractivity contribution in [1.82, 2.24) is 9.97 Å². The molecule has 0 amide bonds. The maximum absolute atomic E-state index is 13.3. The van der Waals surface area contributed by atoms with E-state index < -0.39 is 11.6 Å². The van der Waals surface area contributed by atoms with Crippen LogP contribution in [0.25, 0.3) is 11.4 Å². The highest BCUT2D eigenvalue weighted by Crippen LogP contribution is 2.29. The third-order valence-electron chi connectivity index (χ3n) is 2.57. The van der Waals surface area contributed by atoms with Gasteiger partial charge in [0.05, 0.1) is 10.2 Å². The van der Waals surface area contributed by atoms with Crippen LogP contribution in [0.15, 0.2) is 22.7 Å². The van der Waals surface area contributed by atoms with Crippen molar-refractivity contribution in [2.75, 3.05) is 0 Å². The van der Waals surface area contributed by atoms with Gasteiger partial charge in [-0.3, -0.25) is 0 Å². The minimum atomic E-state index is -0.711. The van der Waals surface area contributed by atoms with Crippen molar-refractivity contribution in [3.8, 4) is 17.1 Å². The fourth-order valence-corrected chi connectivity index (χ4v) is 2.21. The Kier molecular flexibility index (Phi) is 4.37. The lowest BCUT2D eigenvalue weighted by Gasteiger charge is -2.08. The van der Waals surface area contributed by atoms with Crippen molar-refractivity contribution in [3.63, 3.8) is 0 Å². The Labute approximate surface area is 123 Å². The van der Waals surface area contributed by atoms with Crippen LogP contribution in [0.4, 0.5) is 4.39 Å². The number of hydrogen-bond donors (Lipinski definition) is 1. The van der Waals surface area contributed by atoms with Gasteiger partial charge in [-0.15, -0.1) is 0 Å². The van der Waals surface area contributed by atoms with Gasteiger partial charge in [-0.1, -0.05) is 24.9 Å². The molecule has 0 spiro atoms. The van der Waals surface area contributed by atoms with Crippen molar-refractivity contribution in [2.45, 2.75) is 19.8 Å². The number of benzene rings is 1. The normalized spacial score (nSPS) is 10.7. The second-order valence-corrected chi connectivity index (χ2v) is 5.17. The fourth-order valence-electron chi connectivity index (χ4n) is 1.64. The lowest BCUT2D eigenvalue weighted by atomic mass is 10.2. The van der Waals surface area contributed by atoms with Crippen LogP contribution in [0.5, 0.6) is 5.75 Å². The van der Waals surface area contributed by atoms with E-state index in [1.54, 1.807) is 6.07 Å². The zero-order valence-corrected chi connectivity index (χ0v) is 12.5. The van der Waals surface area contributed by atoms with Crippen LogP contribution in [-0.2, 0) is 6.42 Å². The summed E-state index contributed by atoms with van der Waals surface area (Å²) in [4.78, 5) is 8.49. The molecule has 1 N–H and O–H groups in total. The summed E-state index contributed by atoms with van der Waals surface area (Å²) in [5.74, 6) is -0.770. The van der Waals surface area contributed by atoms with E-state index in [2.05, 4.69) is 25.9 Å². The highest BCUT2D eigenvalue weighted by molar-refractivity contribution is 9.10. The molecule has 2 aromatic rings. The molecular weight excluding hydrogens is 335 g/mol. The van der Waals surface area contributed by atoms with E-state index in [4.69, 9.17) is 11.6 Å². The summed E-state index contributed by atoms with van der Waals surface area (Å²) in [5.41, 5.74) is 1.26. The molecule has 100 valence electrons. The van der Waals surface area contributed by atoms with Crippen LogP contribution in [0.3, 0.4) is 0 Å². The third-order valence-corrected chi connectivity index (χ3v) is 3.91. The van der Waals surface area contributed by atoms with Crippen molar-refractivity contribution in [1.29, 1.82) is 0 Å². The minimum absolute atomic E-state index is 0.293. The summed E-state index contributed by atoms with van der Waals surface area (Å²) >= 11 is 9.38. The summed E-state index contributed by atoms with van der Waals surface area (Å²) in [7, 11) is 0. The molecule has 3 nitrogen and oxygen atoms in total. The maximum atomic E-state index is 13.3. The Bertz CT molecular complexity index is 622. The molecule has 0 saturated heterocycles. The van der Waals surface area contributed by atoms with Crippen molar-refractivity contribution >= 4 is 27.5 Å². The van der Waals surface area contributed by atoms with E-state index in [0.717, 1.165) is 18.5 Å². The number of rotatable bonds is 3. The number of nitrogens with zero attached hydrogens (tertiary/aromatic N) is 2. The van der Waals surface area contributed by atoms with Crippen molar-refractivity contribution in [3.05, 3.63) is 39.3 Å². The molecule has 1 heterocycles. The van der Waals surface area contributed by atoms with Gasteiger partial charge < -0.3 is 5.11 Å². The summed E-state index contributed by atoms with van der Waals surface area (Å²) < 4.78 is 14.0. The molecule has 0 radical (unpaired) electrons. The molecular formula is C13H11BrClFN2O. The SMILES string of the molecule is CCCc1nc(-c2ccc(O)c(F)c2)nc(Cl)c1Br. The molecule has 0 bridgehead atoms. The van der Waals surface area contributed by atoms with E-state index in [1.165, 1.54) is 12.1 Å². The molecule has 0 unspecified atom stereocenters. The summed E-state index contributed by atoms with van der Waals surface area (Å²) in [6, 6.07) is 4.00. The Morgan fingerprint density at radius 1 is 1.37 bits per heavy atom. The Balaban J connectivity index is 2.52. The van der Waals surface area contributed by atoms with Gasteiger partial charge in [0, 0.05) is 5.56 Å². The molecule has 0 aliphatic carbocycles. The van der Waals surface area contributed by atoms with Crippen LogP contribution >= 0.6 is 27.5 Å². The Morgan fingerprint density at radius 2 is 2.11 bits per heavy atom. The highest BCUT2D eigenvalue weighted by Gasteiger charge is 2.13. The second kappa shape index (κ2) is 5.84.